The zero-order valence-electron chi connectivity index (χ0n) is 11.3. The van der Waals surface area contributed by atoms with E-state index in [1.807, 2.05) is 19.2 Å². The lowest BCUT2D eigenvalue weighted by atomic mass is 10.1. The Bertz CT molecular complexity index is 391. The Morgan fingerprint density at radius 3 is 2.50 bits per heavy atom. The van der Waals surface area contributed by atoms with Crippen molar-refractivity contribution < 1.29 is 9.47 Å². The lowest BCUT2D eigenvalue weighted by Crippen LogP contribution is -2.30. The van der Waals surface area contributed by atoms with Gasteiger partial charge in [0.25, 0.3) is 0 Å². The van der Waals surface area contributed by atoms with Gasteiger partial charge >= 0.3 is 0 Å². The molecule has 2 N–H and O–H groups in total. The molecular formula is C14H22N2O2. The van der Waals surface area contributed by atoms with Crippen LogP contribution in [0.25, 0.3) is 0 Å². The molecular weight excluding hydrogens is 228 g/mol. The molecule has 0 spiro atoms. The predicted octanol–water partition coefficient (Wildman–Crippen LogP) is 1.72. The lowest BCUT2D eigenvalue weighted by molar-refractivity contribution is 0.354. The van der Waals surface area contributed by atoms with E-state index in [0.717, 1.165) is 24.1 Å². The third-order valence-corrected chi connectivity index (χ3v) is 3.35. The Morgan fingerprint density at radius 1 is 1.22 bits per heavy atom. The number of benzene rings is 1. The van der Waals surface area contributed by atoms with Crippen molar-refractivity contribution in [2.24, 2.45) is 0 Å². The van der Waals surface area contributed by atoms with E-state index in [2.05, 4.69) is 16.7 Å². The van der Waals surface area contributed by atoms with Gasteiger partial charge in [0.15, 0.2) is 11.5 Å². The number of hydrogen-bond acceptors (Lipinski definition) is 4. The summed E-state index contributed by atoms with van der Waals surface area (Å²) in [6, 6.07) is 7.09. The third-order valence-electron chi connectivity index (χ3n) is 3.35. The minimum atomic E-state index is 0.297. The summed E-state index contributed by atoms with van der Waals surface area (Å²) in [5.41, 5.74) is 1.21. The molecule has 18 heavy (non-hydrogen) atoms. The summed E-state index contributed by atoms with van der Waals surface area (Å²) in [5.74, 6) is 1.55. The maximum Gasteiger partial charge on any atom is 0.161 e. The van der Waals surface area contributed by atoms with Gasteiger partial charge in [0, 0.05) is 18.6 Å². The maximum absolute atomic E-state index is 5.34. The molecule has 4 heteroatoms. The first-order chi connectivity index (χ1) is 8.78. The SMILES string of the molecule is CNC(CNC1CC1)c1ccc(OC)c(OC)c1. The lowest BCUT2D eigenvalue weighted by Gasteiger charge is -2.19. The Morgan fingerprint density at radius 2 is 1.94 bits per heavy atom. The third kappa shape index (κ3) is 3.15. The van der Waals surface area contributed by atoms with Crippen LogP contribution in [0.15, 0.2) is 18.2 Å². The summed E-state index contributed by atoms with van der Waals surface area (Å²) in [6.45, 7) is 0.941. The highest BCUT2D eigenvalue weighted by Crippen LogP contribution is 2.30. The average Bonchev–Trinajstić information content (AvgIpc) is 3.23. The molecule has 1 atom stereocenters. The fraction of sp³-hybridized carbons (Fsp3) is 0.571. The van der Waals surface area contributed by atoms with Crippen molar-refractivity contribution in [2.45, 2.75) is 24.9 Å². The zero-order valence-corrected chi connectivity index (χ0v) is 11.3. The van der Waals surface area contributed by atoms with Gasteiger partial charge in [0.2, 0.25) is 0 Å². The van der Waals surface area contributed by atoms with Gasteiger partial charge in [-0.2, -0.15) is 0 Å². The quantitative estimate of drug-likeness (QED) is 0.773. The summed E-state index contributed by atoms with van der Waals surface area (Å²) in [7, 11) is 5.30. The van der Waals surface area contributed by atoms with Gasteiger partial charge in [0.05, 0.1) is 14.2 Å². The molecule has 1 aliphatic carbocycles. The van der Waals surface area contributed by atoms with Gasteiger partial charge in [0.1, 0.15) is 0 Å². The maximum atomic E-state index is 5.34. The Balaban J connectivity index is 2.08. The highest BCUT2D eigenvalue weighted by molar-refractivity contribution is 5.43. The van der Waals surface area contributed by atoms with Gasteiger partial charge < -0.3 is 20.1 Å². The van der Waals surface area contributed by atoms with E-state index in [9.17, 15) is 0 Å². The van der Waals surface area contributed by atoms with Crippen LogP contribution in [0.5, 0.6) is 11.5 Å². The van der Waals surface area contributed by atoms with Crippen LogP contribution in [-0.4, -0.2) is 33.9 Å². The van der Waals surface area contributed by atoms with Crippen LogP contribution in [-0.2, 0) is 0 Å². The van der Waals surface area contributed by atoms with Crippen LogP contribution in [0, 0.1) is 0 Å². The first-order valence-corrected chi connectivity index (χ1v) is 6.41. The second-order valence-corrected chi connectivity index (χ2v) is 4.64. The highest BCUT2D eigenvalue weighted by Gasteiger charge is 2.22. The number of nitrogens with one attached hydrogen (secondary N) is 2. The van der Waals surface area contributed by atoms with E-state index < -0.39 is 0 Å². The number of likely N-dealkylation sites (N-methyl/N-ethyl adjacent to an activating group) is 1. The number of rotatable bonds is 7. The van der Waals surface area contributed by atoms with Crippen molar-refractivity contribution in [1.29, 1.82) is 0 Å². The average molecular weight is 250 g/mol. The van der Waals surface area contributed by atoms with Crippen LogP contribution in [0.2, 0.25) is 0 Å². The van der Waals surface area contributed by atoms with Crippen molar-refractivity contribution >= 4 is 0 Å². The molecule has 0 amide bonds. The largest absolute Gasteiger partial charge is 0.493 e. The molecule has 100 valence electrons. The molecule has 4 nitrogen and oxygen atoms in total. The molecule has 1 saturated carbocycles. The van der Waals surface area contributed by atoms with Crippen molar-refractivity contribution in [3.05, 3.63) is 23.8 Å². The minimum absolute atomic E-state index is 0.297. The van der Waals surface area contributed by atoms with Gasteiger partial charge in [-0.25, -0.2) is 0 Å². The van der Waals surface area contributed by atoms with Crippen LogP contribution >= 0.6 is 0 Å². The normalized spacial score (nSPS) is 16.4. The molecule has 1 aromatic carbocycles. The van der Waals surface area contributed by atoms with Crippen LogP contribution < -0.4 is 20.1 Å². The summed E-state index contributed by atoms with van der Waals surface area (Å²) in [6.07, 6.45) is 2.62. The monoisotopic (exact) mass is 250 g/mol. The van der Waals surface area contributed by atoms with E-state index >= 15 is 0 Å². The first kappa shape index (κ1) is 13.2. The molecule has 2 rings (SSSR count). The molecule has 1 aliphatic rings. The molecule has 0 aliphatic heterocycles. The highest BCUT2D eigenvalue weighted by atomic mass is 16.5. The Hall–Kier alpha value is -1.26. The minimum Gasteiger partial charge on any atom is -0.493 e. The Kier molecular flexibility index (Phi) is 4.44. The van der Waals surface area contributed by atoms with Crippen LogP contribution in [0.4, 0.5) is 0 Å². The van der Waals surface area contributed by atoms with Gasteiger partial charge in [-0.05, 0) is 37.6 Å². The van der Waals surface area contributed by atoms with Gasteiger partial charge in [-0.15, -0.1) is 0 Å². The topological polar surface area (TPSA) is 42.5 Å². The van der Waals surface area contributed by atoms with Crippen molar-refractivity contribution in [3.63, 3.8) is 0 Å². The number of ether oxygens (including phenoxy) is 2. The second kappa shape index (κ2) is 6.07. The molecule has 0 bridgehead atoms. The molecule has 1 unspecified atom stereocenters. The molecule has 0 heterocycles. The van der Waals surface area contributed by atoms with Crippen molar-refractivity contribution in [3.8, 4) is 11.5 Å². The number of methoxy groups -OCH3 is 2. The summed E-state index contributed by atoms with van der Waals surface area (Å²) >= 11 is 0. The summed E-state index contributed by atoms with van der Waals surface area (Å²) in [5, 5.41) is 6.87. The van der Waals surface area contributed by atoms with E-state index in [4.69, 9.17) is 9.47 Å². The summed E-state index contributed by atoms with van der Waals surface area (Å²) in [4.78, 5) is 0. The van der Waals surface area contributed by atoms with Crippen LogP contribution in [0.3, 0.4) is 0 Å². The smallest absolute Gasteiger partial charge is 0.161 e. The van der Waals surface area contributed by atoms with E-state index in [1.54, 1.807) is 14.2 Å². The first-order valence-electron chi connectivity index (χ1n) is 6.41. The van der Waals surface area contributed by atoms with Crippen molar-refractivity contribution in [1.82, 2.24) is 10.6 Å². The fourth-order valence-electron chi connectivity index (χ4n) is 2.03. The second-order valence-electron chi connectivity index (χ2n) is 4.64. The molecule has 1 fully saturated rings. The van der Waals surface area contributed by atoms with E-state index in [1.165, 1.54) is 18.4 Å². The number of hydrogen-bond donors (Lipinski definition) is 2. The van der Waals surface area contributed by atoms with Gasteiger partial charge in [-0.3, -0.25) is 0 Å². The Labute approximate surface area is 109 Å². The zero-order chi connectivity index (χ0) is 13.0. The standard InChI is InChI=1S/C14H22N2O2/c1-15-12(9-16-11-5-6-11)10-4-7-13(17-2)14(8-10)18-3/h4,7-8,11-12,15-16H,5-6,9H2,1-3H3. The molecule has 0 radical (unpaired) electrons. The van der Waals surface area contributed by atoms with Crippen molar-refractivity contribution in [2.75, 3.05) is 27.8 Å². The van der Waals surface area contributed by atoms with Crippen LogP contribution in [0.1, 0.15) is 24.4 Å². The molecule has 0 aromatic heterocycles. The van der Waals surface area contributed by atoms with E-state index in [0.29, 0.717) is 6.04 Å². The van der Waals surface area contributed by atoms with Gasteiger partial charge in [-0.1, -0.05) is 6.07 Å². The fourth-order valence-corrected chi connectivity index (χ4v) is 2.03. The molecule has 0 saturated heterocycles. The molecule has 1 aromatic rings. The summed E-state index contributed by atoms with van der Waals surface area (Å²) < 4.78 is 10.6. The predicted molar refractivity (Wildman–Crippen MR) is 72.4 cm³/mol. The van der Waals surface area contributed by atoms with E-state index in [-0.39, 0.29) is 0 Å².